The van der Waals surface area contributed by atoms with Crippen LogP contribution in [0.5, 0.6) is 11.5 Å². The van der Waals surface area contributed by atoms with Crippen molar-refractivity contribution in [3.05, 3.63) is 57.3 Å². The van der Waals surface area contributed by atoms with Gasteiger partial charge in [0, 0.05) is 0 Å². The van der Waals surface area contributed by atoms with Crippen molar-refractivity contribution in [2.24, 2.45) is 0 Å². The Kier molecular flexibility index (Phi) is 4.07. The van der Waals surface area contributed by atoms with Gasteiger partial charge in [0.2, 0.25) is 0 Å². The smallest absolute Gasteiger partial charge is 0.341 e. The Morgan fingerprint density at radius 1 is 1.32 bits per heavy atom. The highest BCUT2D eigenvalue weighted by molar-refractivity contribution is 9.10. The molecule has 0 unspecified atom stereocenters. The molecule has 6 heteroatoms. The van der Waals surface area contributed by atoms with E-state index in [1.165, 1.54) is 30.3 Å². The van der Waals surface area contributed by atoms with Gasteiger partial charge < -0.3 is 9.84 Å². The predicted molar refractivity (Wildman–Crippen MR) is 72.6 cm³/mol. The lowest BCUT2D eigenvalue weighted by Crippen LogP contribution is -2.01. The highest BCUT2D eigenvalue weighted by Crippen LogP contribution is 2.32. The Labute approximate surface area is 121 Å². The topological polar surface area (TPSA) is 46.5 Å². The summed E-state index contributed by atoms with van der Waals surface area (Å²) in [5, 5.41) is 9.16. The van der Waals surface area contributed by atoms with E-state index >= 15 is 0 Å². The van der Waals surface area contributed by atoms with Crippen LogP contribution in [-0.2, 0) is 0 Å². The molecule has 0 fully saturated rings. The number of aromatic carboxylic acids is 1. The zero-order chi connectivity index (χ0) is 14.0. The molecule has 98 valence electrons. The summed E-state index contributed by atoms with van der Waals surface area (Å²) in [7, 11) is 0. The van der Waals surface area contributed by atoms with E-state index in [1.807, 2.05) is 0 Å². The van der Waals surface area contributed by atoms with Gasteiger partial charge in [-0.25, -0.2) is 9.18 Å². The molecule has 0 aliphatic heterocycles. The van der Waals surface area contributed by atoms with Crippen molar-refractivity contribution in [1.29, 1.82) is 0 Å². The van der Waals surface area contributed by atoms with Crippen LogP contribution < -0.4 is 4.74 Å². The van der Waals surface area contributed by atoms with Crippen LogP contribution in [0.4, 0.5) is 4.39 Å². The Morgan fingerprint density at radius 3 is 2.68 bits per heavy atom. The maximum Gasteiger partial charge on any atom is 0.341 e. The van der Waals surface area contributed by atoms with Crippen LogP contribution in [0.1, 0.15) is 10.4 Å². The molecule has 3 nitrogen and oxygen atoms in total. The van der Waals surface area contributed by atoms with Gasteiger partial charge in [-0.05, 0) is 46.3 Å². The van der Waals surface area contributed by atoms with Crippen LogP contribution in [0.3, 0.4) is 0 Å². The number of hydrogen-bond donors (Lipinski definition) is 1. The third-order valence-corrected chi connectivity index (χ3v) is 3.23. The second-order valence-corrected chi connectivity index (χ2v) is 4.86. The van der Waals surface area contributed by atoms with Crippen molar-refractivity contribution < 1.29 is 19.0 Å². The SMILES string of the molecule is O=C(O)c1c(Cl)cccc1Oc1ccc(F)c(Br)c1. The summed E-state index contributed by atoms with van der Waals surface area (Å²) in [6, 6.07) is 8.52. The molecule has 0 aliphatic carbocycles. The standard InChI is InChI=1S/C13H7BrClFO3/c14-8-6-7(4-5-10(8)16)19-11-3-1-2-9(15)12(11)13(17)18/h1-6H,(H,17,18). The van der Waals surface area contributed by atoms with Crippen molar-refractivity contribution in [3.63, 3.8) is 0 Å². The predicted octanol–water partition coefficient (Wildman–Crippen LogP) is 4.73. The molecule has 0 radical (unpaired) electrons. The molecule has 0 heterocycles. The fraction of sp³-hybridized carbons (Fsp3) is 0. The van der Waals surface area contributed by atoms with Crippen LogP contribution in [0.25, 0.3) is 0 Å². The first kappa shape index (κ1) is 13.8. The largest absolute Gasteiger partial charge is 0.478 e. The summed E-state index contributed by atoms with van der Waals surface area (Å²) in [5.74, 6) is -1.23. The third-order valence-electron chi connectivity index (χ3n) is 2.31. The molecule has 0 saturated heterocycles. The Balaban J connectivity index is 2.40. The first-order valence-electron chi connectivity index (χ1n) is 5.13. The highest BCUT2D eigenvalue weighted by atomic mass is 79.9. The van der Waals surface area contributed by atoms with Gasteiger partial charge in [0.15, 0.2) is 0 Å². The van der Waals surface area contributed by atoms with Gasteiger partial charge in [-0.2, -0.15) is 0 Å². The van der Waals surface area contributed by atoms with Gasteiger partial charge in [-0.3, -0.25) is 0 Å². The molecule has 1 N–H and O–H groups in total. The first-order chi connectivity index (χ1) is 8.99. The van der Waals surface area contributed by atoms with Crippen molar-refractivity contribution in [1.82, 2.24) is 0 Å². The van der Waals surface area contributed by atoms with E-state index < -0.39 is 11.8 Å². The molecule has 0 amide bonds. The molecule has 0 aromatic heterocycles. The van der Waals surface area contributed by atoms with Crippen molar-refractivity contribution in [2.75, 3.05) is 0 Å². The second kappa shape index (κ2) is 5.59. The van der Waals surface area contributed by atoms with Gasteiger partial charge in [-0.15, -0.1) is 0 Å². The van der Waals surface area contributed by atoms with Crippen LogP contribution in [0.15, 0.2) is 40.9 Å². The summed E-state index contributed by atoms with van der Waals surface area (Å²) in [4.78, 5) is 11.1. The quantitative estimate of drug-likeness (QED) is 0.874. The van der Waals surface area contributed by atoms with E-state index in [-0.39, 0.29) is 20.8 Å². The number of rotatable bonds is 3. The number of benzene rings is 2. The van der Waals surface area contributed by atoms with Gasteiger partial charge in [0.25, 0.3) is 0 Å². The van der Waals surface area contributed by atoms with Gasteiger partial charge in [-0.1, -0.05) is 17.7 Å². The molecule has 0 atom stereocenters. The Bertz CT molecular complexity index is 646. The van der Waals surface area contributed by atoms with E-state index in [0.29, 0.717) is 5.75 Å². The fourth-order valence-corrected chi connectivity index (χ4v) is 2.07. The number of carbonyl (C=O) groups is 1. The van der Waals surface area contributed by atoms with Crippen LogP contribution >= 0.6 is 27.5 Å². The molecule has 0 saturated carbocycles. The summed E-state index contributed by atoms with van der Waals surface area (Å²) in [6.45, 7) is 0. The van der Waals surface area contributed by atoms with Gasteiger partial charge >= 0.3 is 5.97 Å². The summed E-state index contributed by atoms with van der Waals surface area (Å²) in [5.41, 5.74) is -0.135. The average Bonchev–Trinajstić information content (AvgIpc) is 2.33. The molecule has 0 aliphatic rings. The monoisotopic (exact) mass is 344 g/mol. The minimum atomic E-state index is -1.19. The van der Waals surface area contributed by atoms with Crippen molar-refractivity contribution in [2.45, 2.75) is 0 Å². The third kappa shape index (κ3) is 3.05. The Morgan fingerprint density at radius 2 is 2.05 bits per heavy atom. The summed E-state index contributed by atoms with van der Waals surface area (Å²) in [6.07, 6.45) is 0. The lowest BCUT2D eigenvalue weighted by molar-refractivity contribution is 0.0694. The molecular weight excluding hydrogens is 338 g/mol. The first-order valence-corrected chi connectivity index (χ1v) is 6.31. The zero-order valence-corrected chi connectivity index (χ0v) is 11.7. The maximum atomic E-state index is 13.1. The minimum absolute atomic E-state index is 0.0752. The number of ether oxygens (including phenoxy) is 1. The van der Waals surface area contributed by atoms with Crippen LogP contribution in [0.2, 0.25) is 5.02 Å². The fourth-order valence-electron chi connectivity index (χ4n) is 1.46. The number of hydrogen-bond acceptors (Lipinski definition) is 2. The number of carboxylic acids is 1. The van der Waals surface area contributed by atoms with E-state index in [2.05, 4.69) is 15.9 Å². The lowest BCUT2D eigenvalue weighted by Gasteiger charge is -2.10. The maximum absolute atomic E-state index is 13.1. The number of carboxylic acid groups (broad SMARTS) is 1. The molecule has 0 spiro atoms. The highest BCUT2D eigenvalue weighted by Gasteiger charge is 2.16. The summed E-state index contributed by atoms with van der Waals surface area (Å²) < 4.78 is 18.7. The molecule has 2 aromatic carbocycles. The molecular formula is C13H7BrClFO3. The zero-order valence-electron chi connectivity index (χ0n) is 9.36. The molecule has 2 aromatic rings. The number of halogens is 3. The molecule has 2 rings (SSSR count). The van der Waals surface area contributed by atoms with Crippen molar-refractivity contribution >= 4 is 33.5 Å². The van der Waals surface area contributed by atoms with E-state index in [4.69, 9.17) is 21.4 Å². The molecule has 0 bridgehead atoms. The Hall–Kier alpha value is -1.59. The van der Waals surface area contributed by atoms with E-state index in [1.54, 1.807) is 6.07 Å². The van der Waals surface area contributed by atoms with E-state index in [9.17, 15) is 9.18 Å². The summed E-state index contributed by atoms with van der Waals surface area (Å²) >= 11 is 8.84. The minimum Gasteiger partial charge on any atom is -0.478 e. The normalized spacial score (nSPS) is 10.3. The van der Waals surface area contributed by atoms with Crippen molar-refractivity contribution in [3.8, 4) is 11.5 Å². The molecule has 19 heavy (non-hydrogen) atoms. The average molecular weight is 346 g/mol. The van der Waals surface area contributed by atoms with Crippen LogP contribution in [-0.4, -0.2) is 11.1 Å². The lowest BCUT2D eigenvalue weighted by atomic mass is 10.2. The van der Waals surface area contributed by atoms with Crippen LogP contribution in [0, 0.1) is 5.82 Å². The second-order valence-electron chi connectivity index (χ2n) is 3.60. The van der Waals surface area contributed by atoms with Gasteiger partial charge in [0.05, 0.1) is 9.50 Å². The van der Waals surface area contributed by atoms with Gasteiger partial charge in [0.1, 0.15) is 22.9 Å². The van der Waals surface area contributed by atoms with E-state index in [0.717, 1.165) is 0 Å².